The quantitative estimate of drug-likeness (QED) is 0.835. The van der Waals surface area contributed by atoms with Crippen molar-refractivity contribution in [2.45, 2.75) is 51.6 Å². The maximum atomic E-state index is 4.47. The molecule has 17 heavy (non-hydrogen) atoms. The standard InChI is InChI=1S/C14H21BrN2/c1-2-17(14-6-4-3-5-7-14)11-13-9-8-12(15)10-16-13/h8-10,14H,2-7,11H2,1H3. The van der Waals surface area contributed by atoms with E-state index in [-0.39, 0.29) is 0 Å². The predicted octanol–water partition coefficient (Wildman–Crippen LogP) is 4.00. The van der Waals surface area contributed by atoms with E-state index in [9.17, 15) is 0 Å². The molecule has 0 radical (unpaired) electrons. The number of aromatic nitrogens is 1. The van der Waals surface area contributed by atoms with Gasteiger partial charge >= 0.3 is 0 Å². The highest BCUT2D eigenvalue weighted by atomic mass is 79.9. The number of halogens is 1. The number of nitrogens with zero attached hydrogens (tertiary/aromatic N) is 2. The van der Waals surface area contributed by atoms with E-state index in [1.165, 1.54) is 37.8 Å². The molecule has 1 aromatic rings. The van der Waals surface area contributed by atoms with Gasteiger partial charge in [0.1, 0.15) is 0 Å². The monoisotopic (exact) mass is 296 g/mol. The normalized spacial score (nSPS) is 17.6. The molecule has 1 saturated carbocycles. The van der Waals surface area contributed by atoms with Crippen LogP contribution in [0.2, 0.25) is 0 Å². The highest BCUT2D eigenvalue weighted by Gasteiger charge is 2.19. The predicted molar refractivity (Wildman–Crippen MR) is 74.9 cm³/mol. The van der Waals surface area contributed by atoms with Gasteiger partial charge in [0, 0.05) is 23.3 Å². The summed E-state index contributed by atoms with van der Waals surface area (Å²) in [7, 11) is 0. The average Bonchev–Trinajstić information content (AvgIpc) is 2.39. The van der Waals surface area contributed by atoms with Crippen LogP contribution in [0, 0.1) is 0 Å². The van der Waals surface area contributed by atoms with Crippen molar-refractivity contribution in [2.24, 2.45) is 0 Å². The highest BCUT2D eigenvalue weighted by molar-refractivity contribution is 9.10. The molecule has 0 saturated heterocycles. The van der Waals surface area contributed by atoms with E-state index in [4.69, 9.17) is 0 Å². The maximum absolute atomic E-state index is 4.47. The summed E-state index contributed by atoms with van der Waals surface area (Å²) >= 11 is 3.43. The second-order valence-corrected chi connectivity index (χ2v) is 5.74. The number of pyridine rings is 1. The fraction of sp³-hybridized carbons (Fsp3) is 0.643. The third-order valence-corrected chi connectivity index (χ3v) is 4.12. The van der Waals surface area contributed by atoms with Crippen molar-refractivity contribution in [1.82, 2.24) is 9.88 Å². The summed E-state index contributed by atoms with van der Waals surface area (Å²) < 4.78 is 1.06. The second-order valence-electron chi connectivity index (χ2n) is 4.82. The Labute approximate surface area is 113 Å². The third-order valence-electron chi connectivity index (χ3n) is 3.65. The first-order chi connectivity index (χ1) is 8.29. The summed E-state index contributed by atoms with van der Waals surface area (Å²) in [5.74, 6) is 0. The second kappa shape index (κ2) is 6.50. The molecule has 0 aliphatic heterocycles. The zero-order valence-electron chi connectivity index (χ0n) is 10.5. The Bertz CT molecular complexity index is 331. The third kappa shape index (κ3) is 3.78. The molecule has 3 heteroatoms. The lowest BCUT2D eigenvalue weighted by atomic mass is 9.94. The van der Waals surface area contributed by atoms with Crippen LogP contribution in [0.5, 0.6) is 0 Å². The van der Waals surface area contributed by atoms with Crippen molar-refractivity contribution in [3.63, 3.8) is 0 Å². The van der Waals surface area contributed by atoms with Gasteiger partial charge in [-0.05, 0) is 47.4 Å². The first-order valence-corrected chi connectivity index (χ1v) is 7.43. The molecule has 1 aliphatic carbocycles. The lowest BCUT2D eigenvalue weighted by molar-refractivity contribution is 0.154. The first kappa shape index (κ1) is 13.0. The van der Waals surface area contributed by atoms with Crippen LogP contribution in [0.3, 0.4) is 0 Å². The van der Waals surface area contributed by atoms with Gasteiger partial charge in [-0.15, -0.1) is 0 Å². The van der Waals surface area contributed by atoms with Crippen LogP contribution in [0.1, 0.15) is 44.7 Å². The molecule has 0 aromatic carbocycles. The molecule has 1 fully saturated rings. The van der Waals surface area contributed by atoms with Crippen molar-refractivity contribution in [2.75, 3.05) is 6.54 Å². The lowest BCUT2D eigenvalue weighted by Gasteiger charge is -2.33. The van der Waals surface area contributed by atoms with E-state index in [1.807, 2.05) is 6.20 Å². The molecule has 0 N–H and O–H groups in total. The van der Waals surface area contributed by atoms with Gasteiger partial charge in [-0.3, -0.25) is 9.88 Å². The minimum absolute atomic E-state index is 0.777. The van der Waals surface area contributed by atoms with Crippen LogP contribution >= 0.6 is 15.9 Å². The van der Waals surface area contributed by atoms with Crippen LogP contribution < -0.4 is 0 Å². The Morgan fingerprint density at radius 2 is 2.06 bits per heavy atom. The largest absolute Gasteiger partial charge is 0.295 e. The van der Waals surface area contributed by atoms with Crippen LogP contribution in [0.25, 0.3) is 0 Å². The molecule has 0 atom stereocenters. The number of hydrogen-bond acceptors (Lipinski definition) is 2. The Hall–Kier alpha value is -0.410. The molecule has 94 valence electrons. The minimum atomic E-state index is 0.777. The Morgan fingerprint density at radius 3 is 2.65 bits per heavy atom. The van der Waals surface area contributed by atoms with Crippen LogP contribution in [-0.4, -0.2) is 22.5 Å². The van der Waals surface area contributed by atoms with Gasteiger partial charge in [-0.2, -0.15) is 0 Å². The number of hydrogen-bond donors (Lipinski definition) is 0. The van der Waals surface area contributed by atoms with Gasteiger partial charge in [0.2, 0.25) is 0 Å². The Balaban J connectivity index is 1.96. The van der Waals surface area contributed by atoms with E-state index in [2.05, 4.69) is 44.9 Å². The smallest absolute Gasteiger partial charge is 0.0544 e. The summed E-state index contributed by atoms with van der Waals surface area (Å²) in [6.45, 7) is 4.38. The lowest BCUT2D eigenvalue weighted by Crippen LogP contribution is -2.36. The summed E-state index contributed by atoms with van der Waals surface area (Å²) in [6.07, 6.45) is 8.84. The zero-order chi connectivity index (χ0) is 12.1. The van der Waals surface area contributed by atoms with E-state index >= 15 is 0 Å². The Kier molecular flexibility index (Phi) is 4.99. The van der Waals surface area contributed by atoms with Gasteiger partial charge < -0.3 is 0 Å². The SMILES string of the molecule is CCN(Cc1ccc(Br)cn1)C1CCCCC1. The summed E-state index contributed by atoms with van der Waals surface area (Å²) in [5, 5.41) is 0. The van der Waals surface area contributed by atoms with Crippen LogP contribution in [0.4, 0.5) is 0 Å². The summed E-state index contributed by atoms with van der Waals surface area (Å²) in [4.78, 5) is 7.05. The minimum Gasteiger partial charge on any atom is -0.295 e. The molecule has 1 aromatic heterocycles. The maximum Gasteiger partial charge on any atom is 0.0544 e. The fourth-order valence-corrected chi connectivity index (χ4v) is 2.89. The first-order valence-electron chi connectivity index (χ1n) is 6.64. The molecule has 1 heterocycles. The van der Waals surface area contributed by atoms with Crippen molar-refractivity contribution in [3.8, 4) is 0 Å². The zero-order valence-corrected chi connectivity index (χ0v) is 12.1. The van der Waals surface area contributed by atoms with Gasteiger partial charge in [0.15, 0.2) is 0 Å². The van der Waals surface area contributed by atoms with Gasteiger partial charge in [0.25, 0.3) is 0 Å². The molecule has 0 spiro atoms. The van der Waals surface area contributed by atoms with E-state index < -0.39 is 0 Å². The number of rotatable bonds is 4. The molecule has 1 aliphatic rings. The molecule has 0 bridgehead atoms. The van der Waals surface area contributed by atoms with Crippen LogP contribution in [0.15, 0.2) is 22.8 Å². The molecular weight excluding hydrogens is 276 g/mol. The summed E-state index contributed by atoms with van der Waals surface area (Å²) in [6, 6.07) is 4.98. The van der Waals surface area contributed by atoms with Crippen molar-refractivity contribution in [1.29, 1.82) is 0 Å². The molecule has 0 amide bonds. The molecule has 2 nitrogen and oxygen atoms in total. The van der Waals surface area contributed by atoms with Crippen molar-refractivity contribution < 1.29 is 0 Å². The van der Waals surface area contributed by atoms with Crippen LogP contribution in [-0.2, 0) is 6.54 Å². The molecular formula is C14H21BrN2. The average molecular weight is 297 g/mol. The molecule has 2 rings (SSSR count). The van der Waals surface area contributed by atoms with E-state index in [1.54, 1.807) is 0 Å². The topological polar surface area (TPSA) is 16.1 Å². The summed E-state index contributed by atoms with van der Waals surface area (Å²) in [5.41, 5.74) is 1.18. The van der Waals surface area contributed by atoms with Gasteiger partial charge in [0.05, 0.1) is 5.69 Å². The van der Waals surface area contributed by atoms with E-state index in [0.29, 0.717) is 0 Å². The van der Waals surface area contributed by atoms with E-state index in [0.717, 1.165) is 23.6 Å². The highest BCUT2D eigenvalue weighted by Crippen LogP contribution is 2.23. The van der Waals surface area contributed by atoms with Crippen molar-refractivity contribution >= 4 is 15.9 Å². The Morgan fingerprint density at radius 1 is 1.29 bits per heavy atom. The van der Waals surface area contributed by atoms with Gasteiger partial charge in [-0.25, -0.2) is 0 Å². The fourth-order valence-electron chi connectivity index (χ4n) is 2.65. The molecule has 0 unspecified atom stereocenters. The van der Waals surface area contributed by atoms with Gasteiger partial charge in [-0.1, -0.05) is 26.2 Å². The van der Waals surface area contributed by atoms with Crippen molar-refractivity contribution in [3.05, 3.63) is 28.5 Å².